The van der Waals surface area contributed by atoms with Crippen molar-refractivity contribution >= 4 is 99.0 Å². The molecule has 6 aromatic heterocycles. The third-order valence-corrected chi connectivity index (χ3v) is 15.6. The van der Waals surface area contributed by atoms with Crippen LogP contribution in [0.25, 0.3) is 92.2 Å². The minimum absolute atomic E-state index is 0.204. The van der Waals surface area contributed by atoms with Gasteiger partial charge in [-0.25, -0.2) is 8.78 Å². The molecule has 0 spiro atoms. The molecular formula is C42H22F2S6. The number of hydrogen-bond acceptors (Lipinski definition) is 6. The first-order valence-electron chi connectivity index (χ1n) is 15.8. The molecule has 50 heavy (non-hydrogen) atoms. The van der Waals surface area contributed by atoms with E-state index in [-0.39, 0.29) is 11.6 Å². The van der Waals surface area contributed by atoms with Crippen LogP contribution in [0, 0.1) is 11.6 Å². The van der Waals surface area contributed by atoms with Crippen molar-refractivity contribution in [2.45, 2.75) is 0 Å². The molecule has 8 heteroatoms. The van der Waals surface area contributed by atoms with Crippen LogP contribution in [0.1, 0.15) is 0 Å². The topological polar surface area (TPSA) is 0 Å². The minimum atomic E-state index is -0.204. The summed E-state index contributed by atoms with van der Waals surface area (Å²) in [6.07, 6.45) is 0. The van der Waals surface area contributed by atoms with E-state index >= 15 is 8.78 Å². The highest BCUT2D eigenvalue weighted by Gasteiger charge is 2.16. The third-order valence-electron chi connectivity index (χ3n) is 8.89. The van der Waals surface area contributed by atoms with Gasteiger partial charge >= 0.3 is 0 Å². The number of benzene rings is 4. The Morgan fingerprint density at radius 3 is 1.22 bits per heavy atom. The maximum atomic E-state index is 15.5. The maximum Gasteiger partial charge on any atom is 0.132 e. The van der Waals surface area contributed by atoms with Crippen molar-refractivity contribution in [1.82, 2.24) is 0 Å². The second-order valence-corrected chi connectivity index (χ2v) is 18.3. The van der Waals surface area contributed by atoms with E-state index in [1.807, 2.05) is 48.5 Å². The molecule has 0 unspecified atom stereocenters. The predicted octanol–water partition coefficient (Wildman–Crippen LogP) is 15.8. The van der Waals surface area contributed by atoms with Gasteiger partial charge in [0.25, 0.3) is 0 Å². The van der Waals surface area contributed by atoms with Crippen molar-refractivity contribution in [1.29, 1.82) is 0 Å². The lowest BCUT2D eigenvalue weighted by Gasteiger charge is -2.03. The molecule has 0 bridgehead atoms. The van der Waals surface area contributed by atoms with E-state index in [0.717, 1.165) is 61.9 Å². The summed E-state index contributed by atoms with van der Waals surface area (Å²) in [5.74, 6) is -0.407. The molecule has 10 aromatic rings. The highest BCUT2D eigenvalue weighted by atomic mass is 32.1. The van der Waals surface area contributed by atoms with Gasteiger partial charge in [-0.15, -0.1) is 68.0 Å². The summed E-state index contributed by atoms with van der Waals surface area (Å²) in [4.78, 5) is 8.70. The zero-order valence-electron chi connectivity index (χ0n) is 25.9. The van der Waals surface area contributed by atoms with E-state index in [0.29, 0.717) is 11.1 Å². The third kappa shape index (κ3) is 5.39. The highest BCUT2D eigenvalue weighted by Crippen LogP contribution is 2.43. The van der Waals surface area contributed by atoms with Gasteiger partial charge in [-0.05, 0) is 140 Å². The number of halogens is 2. The van der Waals surface area contributed by atoms with Gasteiger partial charge in [0, 0.05) is 59.5 Å². The van der Waals surface area contributed by atoms with Crippen LogP contribution in [0.3, 0.4) is 0 Å². The standard InChI is InChI=1S/C42H22F2S6/c43-31-17-23(5-7-29(31)33-9-11-37(47-33)35-3-1-13-45-35)39-21-27-15-25-20-42-28(16-26(25)19-41(27)49-39)22-40(50-42)24-6-8-30(32(44)18-24)34-10-12-38(48-34)36-4-2-14-46-36/h1-22H. The summed E-state index contributed by atoms with van der Waals surface area (Å²) in [6.45, 7) is 0. The van der Waals surface area contributed by atoms with Crippen LogP contribution in [-0.2, 0) is 0 Å². The molecule has 0 saturated carbocycles. The molecule has 0 aliphatic carbocycles. The first kappa shape index (κ1) is 30.5. The van der Waals surface area contributed by atoms with Gasteiger partial charge in [-0.1, -0.05) is 24.3 Å². The summed E-state index contributed by atoms with van der Waals surface area (Å²) in [6, 6.07) is 40.9. The van der Waals surface area contributed by atoms with Crippen LogP contribution >= 0.6 is 68.0 Å². The van der Waals surface area contributed by atoms with Gasteiger partial charge < -0.3 is 0 Å². The van der Waals surface area contributed by atoms with Crippen LogP contribution in [-0.4, -0.2) is 0 Å². The maximum absolute atomic E-state index is 15.5. The number of hydrogen-bond donors (Lipinski definition) is 0. The van der Waals surface area contributed by atoms with Crippen molar-refractivity contribution in [3.05, 3.63) is 144 Å². The molecule has 10 rings (SSSR count). The largest absolute Gasteiger partial charge is 0.206 e. The van der Waals surface area contributed by atoms with Crippen LogP contribution in [0.15, 0.2) is 132 Å². The molecule has 0 amide bonds. The first-order valence-corrected chi connectivity index (χ1v) is 20.8. The number of thiophene rings is 6. The summed E-state index contributed by atoms with van der Waals surface area (Å²) >= 11 is 10.0. The van der Waals surface area contributed by atoms with E-state index in [1.54, 1.807) is 80.2 Å². The first-order chi connectivity index (χ1) is 24.5. The van der Waals surface area contributed by atoms with Gasteiger partial charge in [0.2, 0.25) is 0 Å². The van der Waals surface area contributed by atoms with E-state index in [9.17, 15) is 0 Å². The summed E-state index contributed by atoms with van der Waals surface area (Å²) in [5, 5.41) is 8.73. The van der Waals surface area contributed by atoms with Crippen LogP contribution in [0.2, 0.25) is 0 Å². The monoisotopic (exact) mass is 756 g/mol. The fraction of sp³-hybridized carbons (Fsp3) is 0. The average molecular weight is 757 g/mol. The number of fused-ring (bicyclic) bond motifs is 3. The van der Waals surface area contributed by atoms with Crippen molar-refractivity contribution in [2.24, 2.45) is 0 Å². The lowest BCUT2D eigenvalue weighted by molar-refractivity contribution is 0.632. The van der Waals surface area contributed by atoms with Gasteiger partial charge in [0.15, 0.2) is 0 Å². The molecule has 4 aromatic carbocycles. The van der Waals surface area contributed by atoms with Crippen LogP contribution in [0.4, 0.5) is 8.78 Å². The fourth-order valence-corrected chi connectivity index (χ4v) is 12.3. The zero-order chi connectivity index (χ0) is 33.3. The Labute approximate surface area is 310 Å². The minimum Gasteiger partial charge on any atom is -0.206 e. The molecule has 0 aliphatic heterocycles. The Morgan fingerprint density at radius 1 is 0.340 bits per heavy atom. The smallest absolute Gasteiger partial charge is 0.132 e. The Morgan fingerprint density at radius 2 is 0.800 bits per heavy atom. The predicted molar refractivity (Wildman–Crippen MR) is 219 cm³/mol. The highest BCUT2D eigenvalue weighted by molar-refractivity contribution is 7.24. The Kier molecular flexibility index (Phi) is 7.45. The Balaban J connectivity index is 0.936. The van der Waals surface area contributed by atoms with Crippen molar-refractivity contribution in [3.63, 3.8) is 0 Å². The second-order valence-electron chi connectivity index (χ2n) is 12.0. The van der Waals surface area contributed by atoms with Crippen molar-refractivity contribution in [3.8, 4) is 61.3 Å². The van der Waals surface area contributed by atoms with Gasteiger partial charge in [-0.3, -0.25) is 0 Å². The molecule has 0 fully saturated rings. The molecule has 240 valence electrons. The second kappa shape index (κ2) is 12.2. The SMILES string of the molecule is Fc1cc(-c2cc3cc4cc5sc(-c6ccc(-c7ccc(-c8cccs8)s7)c(F)c6)cc5cc4cc3s2)ccc1-c1ccc(-c2cccs2)s1. The lowest BCUT2D eigenvalue weighted by Crippen LogP contribution is -1.82. The van der Waals surface area contributed by atoms with Gasteiger partial charge in [0.1, 0.15) is 11.6 Å². The van der Waals surface area contributed by atoms with E-state index in [4.69, 9.17) is 0 Å². The average Bonchev–Trinajstić information content (AvgIpc) is 3.96. The summed E-state index contributed by atoms with van der Waals surface area (Å²) in [5.41, 5.74) is 3.05. The van der Waals surface area contributed by atoms with E-state index in [2.05, 4.69) is 71.4 Å². The normalized spacial score (nSPS) is 11.8. The fourth-order valence-electron chi connectivity index (χ4n) is 6.41. The lowest BCUT2D eigenvalue weighted by atomic mass is 10.0. The molecule has 6 heterocycles. The van der Waals surface area contributed by atoms with Crippen LogP contribution in [0.5, 0.6) is 0 Å². The molecule has 0 aliphatic rings. The summed E-state index contributed by atoms with van der Waals surface area (Å²) < 4.78 is 33.3. The molecule has 0 N–H and O–H groups in total. The quantitative estimate of drug-likeness (QED) is 0.158. The summed E-state index contributed by atoms with van der Waals surface area (Å²) in [7, 11) is 0. The Hall–Kier alpha value is -4.28. The van der Waals surface area contributed by atoms with E-state index in [1.165, 1.54) is 19.2 Å². The molecule has 0 saturated heterocycles. The molecular weight excluding hydrogens is 735 g/mol. The zero-order valence-corrected chi connectivity index (χ0v) is 30.8. The van der Waals surface area contributed by atoms with Crippen molar-refractivity contribution in [2.75, 3.05) is 0 Å². The van der Waals surface area contributed by atoms with Gasteiger partial charge in [-0.2, -0.15) is 0 Å². The molecule has 0 radical (unpaired) electrons. The Bertz CT molecular complexity index is 2580. The molecule has 0 nitrogen and oxygen atoms in total. The number of rotatable bonds is 6. The molecule has 0 atom stereocenters. The van der Waals surface area contributed by atoms with E-state index < -0.39 is 0 Å². The van der Waals surface area contributed by atoms with Gasteiger partial charge in [0.05, 0.1) is 0 Å². The van der Waals surface area contributed by atoms with Crippen LogP contribution < -0.4 is 0 Å². The van der Waals surface area contributed by atoms with Crippen molar-refractivity contribution < 1.29 is 8.78 Å².